The number of H-pyrrole nitrogens is 1. The third-order valence-corrected chi connectivity index (χ3v) is 1.42. The van der Waals surface area contributed by atoms with Crippen LogP contribution in [-0.4, -0.2) is 22.6 Å². The van der Waals surface area contributed by atoms with Gasteiger partial charge in [-0.05, 0) is 0 Å². The molecule has 1 aromatic rings. The van der Waals surface area contributed by atoms with Crippen molar-refractivity contribution in [3.8, 4) is 0 Å². The Bertz CT molecular complexity index is 232. The molecule has 66 valence electrons. The zero-order chi connectivity index (χ0) is 8.81. The number of carbonyl (C=O) groups excluding carboxylic acids is 1. The summed E-state index contributed by atoms with van der Waals surface area (Å²) in [5.74, 6) is -0.0290. The largest absolute Gasteiger partial charge is 0.352 e. The van der Waals surface area contributed by atoms with E-state index < -0.39 is 0 Å². The van der Waals surface area contributed by atoms with Gasteiger partial charge < -0.3 is 11.1 Å². The summed E-state index contributed by atoms with van der Waals surface area (Å²) in [6.45, 7) is 0.895. The minimum absolute atomic E-state index is 0.0290. The van der Waals surface area contributed by atoms with E-state index in [-0.39, 0.29) is 5.91 Å². The number of hydrogen-bond donors (Lipinski definition) is 3. The maximum absolute atomic E-state index is 10.9. The normalized spacial score (nSPS) is 9.75. The Morgan fingerprint density at radius 1 is 1.75 bits per heavy atom. The van der Waals surface area contributed by atoms with Crippen molar-refractivity contribution in [2.24, 2.45) is 5.73 Å². The molecule has 5 heteroatoms. The fraction of sp³-hybridized carbons (Fsp3) is 0.429. The summed E-state index contributed by atoms with van der Waals surface area (Å²) in [6.07, 6.45) is 3.78. The van der Waals surface area contributed by atoms with Gasteiger partial charge >= 0.3 is 0 Å². The van der Waals surface area contributed by atoms with Crippen LogP contribution in [0.25, 0.3) is 0 Å². The van der Waals surface area contributed by atoms with Gasteiger partial charge in [-0.25, -0.2) is 0 Å². The Hall–Kier alpha value is -1.36. The van der Waals surface area contributed by atoms with Crippen LogP contribution in [0.5, 0.6) is 0 Å². The molecule has 0 aromatic carbocycles. The van der Waals surface area contributed by atoms with E-state index in [1.165, 1.54) is 0 Å². The third kappa shape index (κ3) is 2.71. The predicted molar refractivity (Wildman–Crippen MR) is 44.1 cm³/mol. The number of rotatable bonds is 4. The highest BCUT2D eigenvalue weighted by atomic mass is 16.1. The highest BCUT2D eigenvalue weighted by molar-refractivity contribution is 5.75. The first-order valence-corrected chi connectivity index (χ1v) is 3.77. The minimum Gasteiger partial charge on any atom is -0.352 e. The first kappa shape index (κ1) is 8.73. The molecule has 0 unspecified atom stereocenters. The highest BCUT2D eigenvalue weighted by Gasteiger charge is 1.98. The Morgan fingerprint density at radius 2 is 2.58 bits per heavy atom. The van der Waals surface area contributed by atoms with Crippen molar-refractivity contribution in [2.45, 2.75) is 13.0 Å². The third-order valence-electron chi connectivity index (χ3n) is 1.42. The summed E-state index contributed by atoms with van der Waals surface area (Å²) in [4.78, 5) is 10.9. The second-order valence-corrected chi connectivity index (χ2v) is 2.42. The van der Waals surface area contributed by atoms with Gasteiger partial charge in [-0.15, -0.1) is 0 Å². The number of nitrogens with two attached hydrogens (primary N) is 1. The Balaban J connectivity index is 2.22. The molecule has 0 bridgehead atoms. The van der Waals surface area contributed by atoms with Gasteiger partial charge in [0.1, 0.15) is 0 Å². The fourth-order valence-corrected chi connectivity index (χ4v) is 0.794. The number of nitrogens with zero attached hydrogens (tertiary/aromatic N) is 1. The average molecular weight is 168 g/mol. The summed E-state index contributed by atoms with van der Waals surface area (Å²) in [5.41, 5.74) is 6.16. The smallest absolute Gasteiger partial charge is 0.221 e. The Labute approximate surface area is 70.3 Å². The molecular weight excluding hydrogens is 156 g/mol. The molecule has 0 saturated heterocycles. The van der Waals surface area contributed by atoms with Crippen LogP contribution in [0.15, 0.2) is 12.4 Å². The number of aromatic nitrogens is 2. The fourth-order valence-electron chi connectivity index (χ4n) is 0.794. The van der Waals surface area contributed by atoms with Crippen LogP contribution in [0.2, 0.25) is 0 Å². The summed E-state index contributed by atoms with van der Waals surface area (Å²) >= 11 is 0. The van der Waals surface area contributed by atoms with Crippen molar-refractivity contribution < 1.29 is 4.79 Å². The van der Waals surface area contributed by atoms with E-state index in [9.17, 15) is 4.79 Å². The van der Waals surface area contributed by atoms with Crippen LogP contribution in [-0.2, 0) is 11.3 Å². The van der Waals surface area contributed by atoms with Gasteiger partial charge in [0.2, 0.25) is 5.91 Å². The Kier molecular flexibility index (Phi) is 3.28. The molecular formula is C7H12N4O. The highest BCUT2D eigenvalue weighted by Crippen LogP contribution is 1.91. The molecule has 0 aliphatic rings. The second-order valence-electron chi connectivity index (χ2n) is 2.42. The number of nitrogens with one attached hydrogen (secondary N) is 2. The maximum atomic E-state index is 10.9. The van der Waals surface area contributed by atoms with E-state index in [1.807, 2.05) is 0 Å². The minimum atomic E-state index is -0.0290. The molecule has 0 atom stereocenters. The number of aromatic amines is 1. The van der Waals surface area contributed by atoms with E-state index >= 15 is 0 Å². The van der Waals surface area contributed by atoms with Crippen molar-refractivity contribution in [2.75, 3.05) is 6.54 Å². The monoisotopic (exact) mass is 168 g/mol. The quantitative estimate of drug-likeness (QED) is 0.560. The van der Waals surface area contributed by atoms with Gasteiger partial charge in [0, 0.05) is 31.3 Å². The lowest BCUT2D eigenvalue weighted by atomic mass is 10.3. The second kappa shape index (κ2) is 4.50. The summed E-state index contributed by atoms with van der Waals surface area (Å²) in [6, 6.07) is 0. The van der Waals surface area contributed by atoms with Crippen molar-refractivity contribution >= 4 is 5.91 Å². The lowest BCUT2D eigenvalue weighted by Gasteiger charge is -2.00. The van der Waals surface area contributed by atoms with Crippen LogP contribution < -0.4 is 11.1 Å². The molecule has 1 heterocycles. The summed E-state index contributed by atoms with van der Waals surface area (Å²) in [7, 11) is 0. The molecule has 1 aromatic heterocycles. The molecule has 0 aliphatic carbocycles. The summed E-state index contributed by atoms with van der Waals surface area (Å²) < 4.78 is 0. The lowest BCUT2D eigenvalue weighted by molar-refractivity contribution is -0.121. The van der Waals surface area contributed by atoms with Gasteiger partial charge in [-0.2, -0.15) is 5.10 Å². The average Bonchev–Trinajstić information content (AvgIpc) is 2.53. The van der Waals surface area contributed by atoms with E-state index in [0.717, 1.165) is 5.56 Å². The molecule has 5 nitrogen and oxygen atoms in total. The van der Waals surface area contributed by atoms with Gasteiger partial charge in [0.25, 0.3) is 0 Å². The van der Waals surface area contributed by atoms with Crippen molar-refractivity contribution in [1.29, 1.82) is 0 Å². The summed E-state index contributed by atoms with van der Waals surface area (Å²) in [5, 5.41) is 9.11. The first-order valence-electron chi connectivity index (χ1n) is 3.77. The molecule has 0 fully saturated rings. The molecule has 12 heavy (non-hydrogen) atoms. The van der Waals surface area contributed by atoms with Gasteiger partial charge in [-0.1, -0.05) is 0 Å². The number of amides is 1. The van der Waals surface area contributed by atoms with Crippen molar-refractivity contribution in [3.05, 3.63) is 18.0 Å². The van der Waals surface area contributed by atoms with Crippen LogP contribution in [0.1, 0.15) is 12.0 Å². The predicted octanol–water partition coefficient (Wildman–Crippen LogP) is -0.625. The van der Waals surface area contributed by atoms with Gasteiger partial charge in [0.05, 0.1) is 6.20 Å². The maximum Gasteiger partial charge on any atom is 0.221 e. The molecule has 0 saturated carbocycles. The molecule has 1 amide bonds. The Morgan fingerprint density at radius 3 is 3.17 bits per heavy atom. The number of carbonyl (C=O) groups is 1. The van der Waals surface area contributed by atoms with Crippen LogP contribution >= 0.6 is 0 Å². The molecule has 0 radical (unpaired) electrons. The van der Waals surface area contributed by atoms with Crippen LogP contribution in [0.4, 0.5) is 0 Å². The number of hydrogen-bond acceptors (Lipinski definition) is 3. The van der Waals surface area contributed by atoms with E-state index in [1.54, 1.807) is 12.4 Å². The van der Waals surface area contributed by atoms with Crippen LogP contribution in [0.3, 0.4) is 0 Å². The van der Waals surface area contributed by atoms with E-state index in [0.29, 0.717) is 19.5 Å². The zero-order valence-electron chi connectivity index (χ0n) is 6.71. The zero-order valence-corrected chi connectivity index (χ0v) is 6.71. The first-order chi connectivity index (χ1) is 5.83. The van der Waals surface area contributed by atoms with Crippen molar-refractivity contribution in [3.63, 3.8) is 0 Å². The lowest BCUT2D eigenvalue weighted by Crippen LogP contribution is -2.24. The SMILES string of the molecule is NCCC(=O)NCc1cn[nH]c1. The molecule has 4 N–H and O–H groups in total. The topological polar surface area (TPSA) is 83.8 Å². The molecule has 0 aliphatic heterocycles. The van der Waals surface area contributed by atoms with Crippen molar-refractivity contribution in [1.82, 2.24) is 15.5 Å². The van der Waals surface area contributed by atoms with Crippen LogP contribution in [0, 0.1) is 0 Å². The van der Waals surface area contributed by atoms with E-state index in [4.69, 9.17) is 5.73 Å². The standard InChI is InChI=1S/C7H12N4O/c8-2-1-7(12)9-3-6-4-10-11-5-6/h4-5H,1-3,8H2,(H,9,12)(H,10,11). The van der Waals surface area contributed by atoms with E-state index in [2.05, 4.69) is 15.5 Å². The molecule has 1 rings (SSSR count). The van der Waals surface area contributed by atoms with Gasteiger partial charge in [0.15, 0.2) is 0 Å². The molecule has 0 spiro atoms. The van der Waals surface area contributed by atoms with Gasteiger partial charge in [-0.3, -0.25) is 9.89 Å².